The zero-order valence-corrected chi connectivity index (χ0v) is 7.16. The number of hydrogen-bond acceptors (Lipinski definition) is 3. The molecule has 1 aromatic heterocycles. The summed E-state index contributed by atoms with van der Waals surface area (Å²) in [4.78, 5) is 3.58. The Kier molecular flexibility index (Phi) is 2.52. The van der Waals surface area contributed by atoms with Crippen LogP contribution >= 0.6 is 0 Å². The number of rotatable bonds is 1. The van der Waals surface area contributed by atoms with E-state index in [0.717, 1.165) is 6.54 Å². The number of hydrogen-bond donors (Lipinski definition) is 1. The van der Waals surface area contributed by atoms with Crippen LogP contribution < -0.4 is 5.32 Å². The minimum Gasteiger partial charge on any atom is -0.371 e. The van der Waals surface area contributed by atoms with Crippen molar-refractivity contribution >= 4 is 0 Å². The van der Waals surface area contributed by atoms with Gasteiger partial charge in [0.2, 0.25) is 5.95 Å². The van der Waals surface area contributed by atoms with Crippen molar-refractivity contribution < 1.29 is 9.13 Å². The maximum absolute atomic E-state index is 13.2. The molecule has 0 spiro atoms. The highest BCUT2D eigenvalue weighted by atomic mass is 19.1. The van der Waals surface area contributed by atoms with Crippen LogP contribution in [0.2, 0.25) is 0 Å². The molecule has 13 heavy (non-hydrogen) atoms. The van der Waals surface area contributed by atoms with Gasteiger partial charge in [-0.2, -0.15) is 4.39 Å². The van der Waals surface area contributed by atoms with E-state index in [0.29, 0.717) is 18.7 Å². The first-order valence-electron chi connectivity index (χ1n) is 4.30. The van der Waals surface area contributed by atoms with Gasteiger partial charge in [-0.3, -0.25) is 0 Å². The van der Waals surface area contributed by atoms with Crippen molar-refractivity contribution in [2.24, 2.45) is 0 Å². The third-order valence-corrected chi connectivity index (χ3v) is 2.06. The van der Waals surface area contributed by atoms with E-state index in [1.807, 2.05) is 0 Å². The first-order valence-corrected chi connectivity index (χ1v) is 4.30. The summed E-state index contributed by atoms with van der Waals surface area (Å²) in [5, 5.41) is 3.14. The standard InChI is InChI=1S/C9H11FN2O/c10-9-7(2-1-3-12-9)8-6-11-4-5-13-8/h1-3,8,11H,4-6H2. The maximum Gasteiger partial charge on any atom is 0.218 e. The lowest BCUT2D eigenvalue weighted by atomic mass is 10.1. The van der Waals surface area contributed by atoms with Crippen molar-refractivity contribution in [3.63, 3.8) is 0 Å². The van der Waals surface area contributed by atoms with Crippen LogP contribution in [0, 0.1) is 5.95 Å². The van der Waals surface area contributed by atoms with Gasteiger partial charge in [-0.05, 0) is 6.07 Å². The molecular formula is C9H11FN2O. The quantitative estimate of drug-likeness (QED) is 0.655. The van der Waals surface area contributed by atoms with E-state index in [2.05, 4.69) is 10.3 Å². The highest BCUT2D eigenvalue weighted by molar-refractivity contribution is 5.15. The van der Waals surface area contributed by atoms with Crippen LogP contribution in [0.1, 0.15) is 11.7 Å². The molecule has 1 aromatic rings. The first-order chi connectivity index (χ1) is 6.38. The molecule has 0 aromatic carbocycles. The molecule has 1 aliphatic heterocycles. The minimum atomic E-state index is -0.434. The van der Waals surface area contributed by atoms with E-state index in [1.165, 1.54) is 6.20 Å². The second kappa shape index (κ2) is 3.81. The molecule has 1 saturated heterocycles. The third kappa shape index (κ3) is 1.84. The van der Waals surface area contributed by atoms with E-state index in [1.54, 1.807) is 12.1 Å². The number of aromatic nitrogens is 1. The van der Waals surface area contributed by atoms with Crippen molar-refractivity contribution in [2.75, 3.05) is 19.7 Å². The summed E-state index contributed by atoms with van der Waals surface area (Å²) < 4.78 is 18.6. The molecule has 3 nitrogen and oxygen atoms in total. The Morgan fingerprint density at radius 1 is 1.62 bits per heavy atom. The van der Waals surface area contributed by atoms with Crippen LogP contribution in [-0.2, 0) is 4.74 Å². The smallest absolute Gasteiger partial charge is 0.218 e. The van der Waals surface area contributed by atoms with Crippen molar-refractivity contribution in [3.05, 3.63) is 29.8 Å². The molecule has 0 saturated carbocycles. The van der Waals surface area contributed by atoms with Gasteiger partial charge in [-0.1, -0.05) is 6.07 Å². The fraction of sp³-hybridized carbons (Fsp3) is 0.444. The highest BCUT2D eigenvalue weighted by Crippen LogP contribution is 2.19. The monoisotopic (exact) mass is 182 g/mol. The fourth-order valence-electron chi connectivity index (χ4n) is 1.40. The number of halogens is 1. The van der Waals surface area contributed by atoms with Crippen LogP contribution in [0.3, 0.4) is 0 Å². The second-order valence-electron chi connectivity index (χ2n) is 2.95. The summed E-state index contributed by atoms with van der Waals surface area (Å²) >= 11 is 0. The van der Waals surface area contributed by atoms with Crippen molar-refractivity contribution in [3.8, 4) is 0 Å². The molecule has 1 fully saturated rings. The summed E-state index contributed by atoms with van der Waals surface area (Å²) in [6.07, 6.45) is 1.25. The summed E-state index contributed by atoms with van der Waals surface area (Å²) in [5.74, 6) is -0.434. The molecule has 1 unspecified atom stereocenters. The number of nitrogens with one attached hydrogen (secondary N) is 1. The van der Waals surface area contributed by atoms with E-state index >= 15 is 0 Å². The zero-order chi connectivity index (χ0) is 9.10. The topological polar surface area (TPSA) is 34.2 Å². The number of morpholine rings is 1. The molecule has 70 valence electrons. The van der Waals surface area contributed by atoms with Crippen LogP contribution in [0.25, 0.3) is 0 Å². The predicted octanol–water partition coefficient (Wildman–Crippen LogP) is 0.882. The summed E-state index contributed by atoms with van der Waals surface area (Å²) in [5.41, 5.74) is 0.537. The van der Waals surface area contributed by atoms with Crippen molar-refractivity contribution in [2.45, 2.75) is 6.10 Å². The van der Waals surface area contributed by atoms with Gasteiger partial charge in [0.25, 0.3) is 0 Å². The van der Waals surface area contributed by atoms with Gasteiger partial charge in [-0.25, -0.2) is 4.98 Å². The molecule has 0 amide bonds. The lowest BCUT2D eigenvalue weighted by Gasteiger charge is -2.23. The van der Waals surface area contributed by atoms with E-state index in [4.69, 9.17) is 4.74 Å². The molecule has 0 aliphatic carbocycles. The van der Waals surface area contributed by atoms with Gasteiger partial charge >= 0.3 is 0 Å². The fourth-order valence-corrected chi connectivity index (χ4v) is 1.40. The largest absolute Gasteiger partial charge is 0.371 e. The highest BCUT2D eigenvalue weighted by Gasteiger charge is 2.18. The van der Waals surface area contributed by atoms with Gasteiger partial charge in [0.05, 0.1) is 12.7 Å². The van der Waals surface area contributed by atoms with E-state index < -0.39 is 5.95 Å². The minimum absolute atomic E-state index is 0.192. The van der Waals surface area contributed by atoms with Crippen LogP contribution in [0.5, 0.6) is 0 Å². The molecule has 1 N–H and O–H groups in total. The maximum atomic E-state index is 13.2. The predicted molar refractivity (Wildman–Crippen MR) is 45.8 cm³/mol. The van der Waals surface area contributed by atoms with Crippen LogP contribution in [0.4, 0.5) is 4.39 Å². The second-order valence-corrected chi connectivity index (χ2v) is 2.95. The first kappa shape index (κ1) is 8.59. The summed E-state index contributed by atoms with van der Waals surface area (Å²) in [6, 6.07) is 3.43. The van der Waals surface area contributed by atoms with Gasteiger partial charge in [0.1, 0.15) is 0 Å². The Morgan fingerprint density at radius 3 is 3.23 bits per heavy atom. The summed E-state index contributed by atoms with van der Waals surface area (Å²) in [7, 11) is 0. The molecule has 1 atom stereocenters. The Labute approximate surface area is 75.9 Å². The molecule has 2 rings (SSSR count). The number of nitrogens with zero attached hydrogens (tertiary/aromatic N) is 1. The van der Waals surface area contributed by atoms with E-state index in [-0.39, 0.29) is 6.10 Å². The van der Waals surface area contributed by atoms with Crippen molar-refractivity contribution in [1.82, 2.24) is 10.3 Å². The van der Waals surface area contributed by atoms with E-state index in [9.17, 15) is 4.39 Å². The Hall–Kier alpha value is -1.00. The van der Waals surface area contributed by atoms with Gasteiger partial charge in [0.15, 0.2) is 0 Å². The summed E-state index contributed by atoms with van der Waals surface area (Å²) in [6.45, 7) is 2.11. The average molecular weight is 182 g/mol. The molecule has 4 heteroatoms. The van der Waals surface area contributed by atoms with Crippen LogP contribution in [-0.4, -0.2) is 24.7 Å². The average Bonchev–Trinajstić information content (AvgIpc) is 2.20. The SMILES string of the molecule is Fc1ncccc1C1CNCCO1. The molecule has 1 aliphatic rings. The molecule has 0 bridgehead atoms. The lowest BCUT2D eigenvalue weighted by molar-refractivity contribution is 0.0250. The van der Waals surface area contributed by atoms with Gasteiger partial charge < -0.3 is 10.1 Å². The molecule has 2 heterocycles. The van der Waals surface area contributed by atoms with Crippen LogP contribution in [0.15, 0.2) is 18.3 Å². The molecular weight excluding hydrogens is 171 g/mol. The Balaban J connectivity index is 2.18. The molecule has 0 radical (unpaired) electrons. The normalized spacial score (nSPS) is 23.0. The van der Waals surface area contributed by atoms with Gasteiger partial charge in [-0.15, -0.1) is 0 Å². The van der Waals surface area contributed by atoms with Gasteiger partial charge in [0, 0.05) is 24.8 Å². The number of ether oxygens (including phenoxy) is 1. The zero-order valence-electron chi connectivity index (χ0n) is 7.16. The lowest BCUT2D eigenvalue weighted by Crippen LogP contribution is -2.33. The Morgan fingerprint density at radius 2 is 2.54 bits per heavy atom. The third-order valence-electron chi connectivity index (χ3n) is 2.06. The van der Waals surface area contributed by atoms with Crippen molar-refractivity contribution in [1.29, 1.82) is 0 Å². The Bertz CT molecular complexity index is 287. The number of pyridine rings is 1.